The minimum atomic E-state index is -0.356. The second kappa shape index (κ2) is 3.08. The average Bonchev–Trinajstić information content (AvgIpc) is 2.03. The van der Waals surface area contributed by atoms with Gasteiger partial charge in [-0.05, 0) is 18.6 Å². The smallest absolute Gasteiger partial charge is 0.259 e. The number of rotatable bonds is 1. The van der Waals surface area contributed by atoms with Crippen LogP contribution in [0.5, 0.6) is 0 Å². The highest BCUT2D eigenvalue weighted by Gasteiger charge is 2.07. The molecule has 0 aliphatic rings. The van der Waals surface area contributed by atoms with Crippen molar-refractivity contribution in [1.29, 1.82) is 0 Å². The van der Waals surface area contributed by atoms with Gasteiger partial charge in [0.1, 0.15) is 0 Å². The standard InChI is InChI=1S/C7H9N3O2/c1-4-2-3-9-7(11)5(4)6(8)10-12/h2-3,12H,1H3,(H2,8,10)(H,9,11). The van der Waals surface area contributed by atoms with Crippen LogP contribution < -0.4 is 11.3 Å². The lowest BCUT2D eigenvalue weighted by Gasteiger charge is -1.99. The van der Waals surface area contributed by atoms with Crippen LogP contribution >= 0.6 is 0 Å². The first-order valence-corrected chi connectivity index (χ1v) is 3.33. The van der Waals surface area contributed by atoms with Crippen molar-refractivity contribution in [1.82, 2.24) is 4.98 Å². The lowest BCUT2D eigenvalue weighted by atomic mass is 10.1. The summed E-state index contributed by atoms with van der Waals surface area (Å²) < 4.78 is 0. The van der Waals surface area contributed by atoms with E-state index in [9.17, 15) is 4.79 Å². The van der Waals surface area contributed by atoms with Crippen LogP contribution in [0, 0.1) is 6.92 Å². The molecule has 0 bridgehead atoms. The third-order valence-corrected chi connectivity index (χ3v) is 1.53. The van der Waals surface area contributed by atoms with Crippen molar-refractivity contribution in [3.8, 4) is 0 Å². The Morgan fingerprint density at radius 3 is 2.92 bits per heavy atom. The summed E-state index contributed by atoms with van der Waals surface area (Å²) in [5.74, 6) is -0.172. The number of aromatic amines is 1. The Balaban J connectivity index is 3.42. The Morgan fingerprint density at radius 1 is 1.75 bits per heavy atom. The summed E-state index contributed by atoms with van der Waals surface area (Å²) in [5, 5.41) is 11.1. The zero-order valence-corrected chi connectivity index (χ0v) is 6.53. The average molecular weight is 167 g/mol. The molecule has 64 valence electrons. The predicted molar refractivity (Wildman–Crippen MR) is 44.3 cm³/mol. The first-order chi connectivity index (χ1) is 5.66. The van der Waals surface area contributed by atoms with Crippen LogP contribution in [0.2, 0.25) is 0 Å². The molecule has 0 atom stereocenters. The van der Waals surface area contributed by atoms with E-state index in [4.69, 9.17) is 10.9 Å². The van der Waals surface area contributed by atoms with E-state index in [1.165, 1.54) is 6.20 Å². The third-order valence-electron chi connectivity index (χ3n) is 1.53. The van der Waals surface area contributed by atoms with E-state index in [2.05, 4.69) is 10.1 Å². The topological polar surface area (TPSA) is 91.5 Å². The SMILES string of the molecule is Cc1cc[nH]c(=O)c1/C(N)=N/O. The molecule has 5 heteroatoms. The maximum atomic E-state index is 11.1. The number of aromatic nitrogens is 1. The molecule has 4 N–H and O–H groups in total. The Kier molecular flexibility index (Phi) is 2.14. The zero-order chi connectivity index (χ0) is 9.14. The molecule has 1 aromatic rings. The summed E-state index contributed by atoms with van der Waals surface area (Å²) in [6.45, 7) is 1.71. The van der Waals surface area contributed by atoms with Crippen LogP contribution in [0.3, 0.4) is 0 Å². The van der Waals surface area contributed by atoms with E-state index in [1.807, 2.05) is 0 Å². The van der Waals surface area contributed by atoms with Crippen molar-refractivity contribution in [2.45, 2.75) is 6.92 Å². The van der Waals surface area contributed by atoms with E-state index in [-0.39, 0.29) is 17.0 Å². The van der Waals surface area contributed by atoms with Gasteiger partial charge in [0, 0.05) is 6.20 Å². The van der Waals surface area contributed by atoms with Crippen molar-refractivity contribution in [3.63, 3.8) is 0 Å². The summed E-state index contributed by atoms with van der Waals surface area (Å²) in [6.07, 6.45) is 1.51. The number of hydrogen-bond acceptors (Lipinski definition) is 3. The first-order valence-electron chi connectivity index (χ1n) is 3.33. The van der Waals surface area contributed by atoms with Crippen LogP contribution in [0.1, 0.15) is 11.1 Å². The van der Waals surface area contributed by atoms with E-state index >= 15 is 0 Å². The summed E-state index contributed by atoms with van der Waals surface area (Å²) >= 11 is 0. The summed E-state index contributed by atoms with van der Waals surface area (Å²) in [6, 6.07) is 1.68. The van der Waals surface area contributed by atoms with Gasteiger partial charge in [0.25, 0.3) is 5.56 Å². The normalized spacial score (nSPS) is 11.6. The molecule has 0 aromatic carbocycles. The lowest BCUT2D eigenvalue weighted by molar-refractivity contribution is 0.318. The minimum absolute atomic E-state index is 0.172. The molecular formula is C7H9N3O2. The van der Waals surface area contributed by atoms with Gasteiger partial charge in [-0.25, -0.2) is 0 Å². The van der Waals surface area contributed by atoms with Crippen molar-refractivity contribution < 1.29 is 5.21 Å². The van der Waals surface area contributed by atoms with E-state index < -0.39 is 0 Å². The number of hydrogen-bond donors (Lipinski definition) is 3. The molecule has 0 aliphatic carbocycles. The molecule has 12 heavy (non-hydrogen) atoms. The van der Waals surface area contributed by atoms with Crippen LogP contribution in [-0.2, 0) is 0 Å². The fourth-order valence-corrected chi connectivity index (χ4v) is 0.945. The van der Waals surface area contributed by atoms with Gasteiger partial charge in [-0.3, -0.25) is 4.79 Å². The van der Waals surface area contributed by atoms with Crippen LogP contribution in [-0.4, -0.2) is 16.0 Å². The summed E-state index contributed by atoms with van der Waals surface area (Å²) in [5.41, 5.74) is 5.80. The molecule has 0 aliphatic heterocycles. The summed E-state index contributed by atoms with van der Waals surface area (Å²) in [7, 11) is 0. The quantitative estimate of drug-likeness (QED) is 0.233. The number of H-pyrrole nitrogens is 1. The van der Waals surface area contributed by atoms with Gasteiger partial charge in [-0.2, -0.15) is 0 Å². The molecule has 5 nitrogen and oxygen atoms in total. The molecule has 0 saturated carbocycles. The highest BCUT2D eigenvalue weighted by Crippen LogP contribution is 1.98. The maximum Gasteiger partial charge on any atom is 0.259 e. The Bertz CT molecular complexity index is 367. The van der Waals surface area contributed by atoms with Crippen molar-refractivity contribution in [3.05, 3.63) is 33.7 Å². The van der Waals surface area contributed by atoms with Gasteiger partial charge in [0.2, 0.25) is 0 Å². The van der Waals surface area contributed by atoms with Gasteiger partial charge in [-0.15, -0.1) is 0 Å². The van der Waals surface area contributed by atoms with Crippen molar-refractivity contribution in [2.75, 3.05) is 0 Å². The van der Waals surface area contributed by atoms with Crippen LogP contribution in [0.4, 0.5) is 0 Å². The van der Waals surface area contributed by atoms with Gasteiger partial charge in [-0.1, -0.05) is 5.16 Å². The molecular weight excluding hydrogens is 158 g/mol. The molecule has 1 heterocycles. The molecule has 0 unspecified atom stereocenters. The predicted octanol–water partition coefficient (Wildman–Crippen LogP) is -0.222. The molecule has 0 amide bonds. The Morgan fingerprint density at radius 2 is 2.42 bits per heavy atom. The highest BCUT2D eigenvalue weighted by atomic mass is 16.4. The fraction of sp³-hybridized carbons (Fsp3) is 0.143. The van der Waals surface area contributed by atoms with Crippen molar-refractivity contribution in [2.24, 2.45) is 10.9 Å². The van der Waals surface area contributed by atoms with Gasteiger partial charge in [0.15, 0.2) is 5.84 Å². The third kappa shape index (κ3) is 1.29. The molecule has 1 aromatic heterocycles. The molecule has 0 saturated heterocycles. The highest BCUT2D eigenvalue weighted by molar-refractivity contribution is 5.97. The number of oxime groups is 1. The second-order valence-corrected chi connectivity index (χ2v) is 2.35. The lowest BCUT2D eigenvalue weighted by Crippen LogP contribution is -2.25. The van der Waals surface area contributed by atoms with E-state index in [1.54, 1.807) is 13.0 Å². The largest absolute Gasteiger partial charge is 0.409 e. The number of nitrogens with one attached hydrogen (secondary N) is 1. The van der Waals surface area contributed by atoms with E-state index in [0.29, 0.717) is 5.56 Å². The monoisotopic (exact) mass is 167 g/mol. The van der Waals surface area contributed by atoms with Gasteiger partial charge >= 0.3 is 0 Å². The van der Waals surface area contributed by atoms with E-state index in [0.717, 1.165) is 0 Å². The van der Waals surface area contributed by atoms with Crippen LogP contribution in [0.25, 0.3) is 0 Å². The molecule has 1 rings (SSSR count). The van der Waals surface area contributed by atoms with Gasteiger partial charge in [0.05, 0.1) is 5.56 Å². The fourth-order valence-electron chi connectivity index (χ4n) is 0.945. The maximum absolute atomic E-state index is 11.1. The number of nitrogens with zero attached hydrogens (tertiary/aromatic N) is 1. The first kappa shape index (κ1) is 8.32. The molecule has 0 fully saturated rings. The molecule has 0 spiro atoms. The molecule has 0 radical (unpaired) electrons. The van der Waals surface area contributed by atoms with Crippen molar-refractivity contribution >= 4 is 5.84 Å². The zero-order valence-electron chi connectivity index (χ0n) is 6.53. The van der Waals surface area contributed by atoms with Crippen LogP contribution in [0.15, 0.2) is 22.2 Å². The number of aryl methyl sites for hydroxylation is 1. The Labute approximate surface area is 68.5 Å². The second-order valence-electron chi connectivity index (χ2n) is 2.35. The number of amidine groups is 1. The summed E-state index contributed by atoms with van der Waals surface area (Å²) in [4.78, 5) is 13.5. The number of pyridine rings is 1. The minimum Gasteiger partial charge on any atom is -0.409 e. The van der Waals surface area contributed by atoms with Gasteiger partial charge < -0.3 is 15.9 Å². The number of nitrogens with two attached hydrogens (primary N) is 1. The Hall–Kier alpha value is -1.78.